The van der Waals surface area contributed by atoms with Crippen molar-refractivity contribution in [1.82, 2.24) is 25.4 Å². The molecule has 5 N–H and O–H groups in total. The Kier molecular flexibility index (Phi) is 15.5. The van der Waals surface area contributed by atoms with E-state index in [-0.39, 0.29) is 54.1 Å². The maximum absolute atomic E-state index is 13.2. The van der Waals surface area contributed by atoms with Gasteiger partial charge in [0.2, 0.25) is 11.5 Å². The Bertz CT molecular complexity index is 2390. The molecule has 1 aromatic heterocycles. The van der Waals surface area contributed by atoms with E-state index in [9.17, 15) is 29.4 Å². The van der Waals surface area contributed by atoms with E-state index in [4.69, 9.17) is 14.2 Å². The Hall–Kier alpha value is -6.22. The first kappa shape index (κ1) is 44.8. The molecule has 1 atom stereocenters. The summed E-state index contributed by atoms with van der Waals surface area (Å²) < 4.78 is 17.3. The molecule has 3 heterocycles. The molecule has 0 radical (unpaired) electrons. The largest absolute Gasteiger partial charge is 0.506 e. The molecule has 2 fully saturated rings. The maximum atomic E-state index is 13.2. The van der Waals surface area contributed by atoms with Crippen LogP contribution < -0.4 is 25.7 Å². The Morgan fingerprint density at radius 1 is 0.825 bits per heavy atom. The number of hydrogen-bond acceptors (Lipinski definition) is 11. The van der Waals surface area contributed by atoms with Gasteiger partial charge in [0.15, 0.2) is 0 Å². The summed E-state index contributed by atoms with van der Waals surface area (Å²) in [6.07, 6.45) is 2.84. The number of phenols is 1. The lowest BCUT2D eigenvalue weighted by Gasteiger charge is -2.32. The zero-order chi connectivity index (χ0) is 44.1. The number of pyridine rings is 1. The highest BCUT2D eigenvalue weighted by molar-refractivity contribution is 5.99. The summed E-state index contributed by atoms with van der Waals surface area (Å²) in [5, 5.41) is 27.5. The van der Waals surface area contributed by atoms with Crippen LogP contribution >= 0.6 is 0 Å². The summed E-state index contributed by atoms with van der Waals surface area (Å²) in [6, 6.07) is 29.2. The number of piperidine rings is 2. The van der Waals surface area contributed by atoms with Crippen LogP contribution in [0, 0.1) is 11.8 Å². The van der Waals surface area contributed by atoms with Crippen LogP contribution in [0.1, 0.15) is 64.4 Å². The Balaban J connectivity index is 0.781. The van der Waals surface area contributed by atoms with Crippen molar-refractivity contribution in [3.05, 3.63) is 135 Å². The third kappa shape index (κ3) is 12.5. The average molecular weight is 860 g/mol. The second-order valence-corrected chi connectivity index (χ2v) is 16.5. The van der Waals surface area contributed by atoms with E-state index < -0.39 is 12.0 Å². The number of aliphatic hydroxyl groups excluding tert-OH is 1. The second kappa shape index (κ2) is 21.7. The van der Waals surface area contributed by atoms with Gasteiger partial charge in [-0.25, -0.2) is 0 Å². The number of H-pyrrole nitrogens is 1. The number of aromatic hydroxyl groups is 1. The number of hydrogen-bond donors (Lipinski definition) is 5. The number of esters is 1. The van der Waals surface area contributed by atoms with Gasteiger partial charge in [0.05, 0.1) is 50.5 Å². The van der Waals surface area contributed by atoms with Gasteiger partial charge < -0.3 is 44.9 Å². The number of nitrogens with zero attached hydrogens (tertiary/aromatic N) is 2. The van der Waals surface area contributed by atoms with Crippen molar-refractivity contribution < 1.29 is 38.8 Å². The van der Waals surface area contributed by atoms with Crippen molar-refractivity contribution in [3.8, 4) is 17.2 Å². The summed E-state index contributed by atoms with van der Waals surface area (Å²) >= 11 is 0. The zero-order valence-electron chi connectivity index (χ0n) is 35.7. The molecule has 7 rings (SSSR count). The number of aromatic nitrogens is 1. The highest BCUT2D eigenvalue weighted by Crippen LogP contribution is 2.29. The third-order valence-electron chi connectivity index (χ3n) is 12.0. The lowest BCUT2D eigenvalue weighted by atomic mass is 9.97. The van der Waals surface area contributed by atoms with Crippen LogP contribution in [0.15, 0.2) is 102 Å². The van der Waals surface area contributed by atoms with E-state index in [2.05, 4.69) is 44.8 Å². The summed E-state index contributed by atoms with van der Waals surface area (Å²) in [5.74, 6) is 0.786. The Labute approximate surface area is 367 Å². The normalized spacial score (nSPS) is 15.5. The first-order chi connectivity index (χ1) is 30.6. The quantitative estimate of drug-likeness (QED) is 0.0739. The highest BCUT2D eigenvalue weighted by Gasteiger charge is 2.25. The number of ether oxygens (including phenoxy) is 3. The molecule has 5 aromatic rings. The van der Waals surface area contributed by atoms with E-state index in [0.717, 1.165) is 56.4 Å². The smallest absolute Gasteiger partial charge is 0.310 e. The van der Waals surface area contributed by atoms with E-state index in [1.807, 2.05) is 30.3 Å². The summed E-state index contributed by atoms with van der Waals surface area (Å²) in [5.41, 5.74) is 3.73. The number of methoxy groups -OCH3 is 1. The van der Waals surface area contributed by atoms with Gasteiger partial charge in [-0.05, 0) is 109 Å². The van der Waals surface area contributed by atoms with Crippen molar-refractivity contribution in [2.75, 3.05) is 59.6 Å². The average Bonchev–Trinajstić information content (AvgIpc) is 3.30. The monoisotopic (exact) mass is 859 g/mol. The van der Waals surface area contributed by atoms with E-state index in [1.54, 1.807) is 35.2 Å². The van der Waals surface area contributed by atoms with Crippen LogP contribution in [0.4, 0.5) is 0 Å². The first-order valence-corrected chi connectivity index (χ1v) is 21.7. The zero-order valence-corrected chi connectivity index (χ0v) is 35.7. The highest BCUT2D eigenvalue weighted by atomic mass is 16.5. The van der Waals surface area contributed by atoms with Crippen molar-refractivity contribution in [2.45, 2.75) is 51.3 Å². The van der Waals surface area contributed by atoms with Crippen molar-refractivity contribution in [1.29, 1.82) is 0 Å². The molecule has 0 aliphatic carbocycles. The number of aromatic amines is 1. The Morgan fingerprint density at radius 3 is 2.35 bits per heavy atom. The molecular weight excluding hydrogens is 803 g/mol. The maximum Gasteiger partial charge on any atom is 0.310 e. The predicted molar refractivity (Wildman–Crippen MR) is 239 cm³/mol. The number of nitrogens with one attached hydrogen (secondary N) is 3. The number of rotatable bonds is 18. The minimum atomic E-state index is -0.925. The van der Waals surface area contributed by atoms with Crippen LogP contribution in [-0.2, 0) is 33.8 Å². The van der Waals surface area contributed by atoms with Crippen molar-refractivity contribution in [3.63, 3.8) is 0 Å². The summed E-state index contributed by atoms with van der Waals surface area (Å²) in [4.78, 5) is 57.5. The minimum Gasteiger partial charge on any atom is -0.506 e. The van der Waals surface area contributed by atoms with Gasteiger partial charge >= 0.3 is 5.97 Å². The number of amides is 2. The molecule has 0 bridgehead atoms. The van der Waals surface area contributed by atoms with Crippen molar-refractivity contribution in [2.24, 2.45) is 11.8 Å². The Morgan fingerprint density at radius 2 is 1.57 bits per heavy atom. The van der Waals surface area contributed by atoms with Crippen LogP contribution in [0.5, 0.6) is 17.2 Å². The molecule has 1 unspecified atom stereocenters. The summed E-state index contributed by atoms with van der Waals surface area (Å²) in [7, 11) is 1.47. The van der Waals surface area contributed by atoms with Crippen molar-refractivity contribution >= 4 is 28.7 Å². The summed E-state index contributed by atoms with van der Waals surface area (Å²) in [6.45, 7) is 5.43. The molecule has 14 heteroatoms. The molecule has 0 saturated carbocycles. The molecule has 332 valence electrons. The molecule has 2 saturated heterocycles. The standard InChI is InChI=1S/C49H57N5O9/c1-61-44-25-37(27-50-28-43(56)39-12-14-42(55)48-40(39)13-15-45(57)52-48)10-11-41(44)49(60)51-29-46(58)54-22-18-35(19-23-54)31-62-38-9-5-8-36(24-38)26-47(59)63-32-34-16-20-53(21-17-34)30-33-6-3-2-4-7-33/h2-15,24-25,34-35,43,50,55-56H,16-23,26-32H2,1H3,(H,51,60)(H,52,57). The molecule has 4 aromatic carbocycles. The molecule has 63 heavy (non-hydrogen) atoms. The second-order valence-electron chi connectivity index (χ2n) is 16.5. The van der Waals surface area contributed by atoms with Gasteiger partial charge in [0, 0.05) is 44.2 Å². The number of carbonyl (C=O) groups is 3. The van der Waals surface area contributed by atoms with Gasteiger partial charge in [0.1, 0.15) is 17.2 Å². The fourth-order valence-corrected chi connectivity index (χ4v) is 8.30. The molecule has 14 nitrogen and oxygen atoms in total. The fraction of sp³-hybridized carbons (Fsp3) is 0.388. The van der Waals surface area contributed by atoms with Gasteiger partial charge in [-0.2, -0.15) is 0 Å². The third-order valence-corrected chi connectivity index (χ3v) is 12.0. The first-order valence-electron chi connectivity index (χ1n) is 21.7. The topological polar surface area (TPSA) is 183 Å². The molecule has 2 amide bonds. The molecular formula is C49H57N5O9. The number of carbonyl (C=O) groups excluding carboxylic acids is 3. The van der Waals surface area contributed by atoms with Gasteiger partial charge in [-0.1, -0.05) is 54.6 Å². The van der Waals surface area contributed by atoms with Gasteiger partial charge in [-0.3, -0.25) is 24.1 Å². The fourth-order valence-electron chi connectivity index (χ4n) is 8.30. The van der Waals surface area contributed by atoms with Crippen LogP contribution in [0.3, 0.4) is 0 Å². The van der Waals surface area contributed by atoms with E-state index >= 15 is 0 Å². The van der Waals surface area contributed by atoms with Crippen LogP contribution in [0.25, 0.3) is 10.9 Å². The number of aliphatic hydroxyl groups is 1. The molecule has 2 aliphatic rings. The molecule has 2 aliphatic heterocycles. The minimum absolute atomic E-state index is 0.0803. The lowest BCUT2D eigenvalue weighted by Crippen LogP contribution is -2.44. The molecule has 0 spiro atoms. The number of benzene rings is 4. The van der Waals surface area contributed by atoms with E-state index in [1.165, 1.54) is 24.8 Å². The number of likely N-dealkylation sites (tertiary alicyclic amines) is 2. The van der Waals surface area contributed by atoms with Crippen LogP contribution in [0.2, 0.25) is 0 Å². The van der Waals surface area contributed by atoms with Gasteiger partial charge in [-0.15, -0.1) is 0 Å². The van der Waals surface area contributed by atoms with Gasteiger partial charge in [0.25, 0.3) is 5.91 Å². The lowest BCUT2D eigenvalue weighted by molar-refractivity contribution is -0.144. The van der Waals surface area contributed by atoms with Crippen LogP contribution in [-0.4, -0.2) is 102 Å². The SMILES string of the molecule is COc1cc(CNCC(O)c2ccc(O)c3[nH]c(=O)ccc23)ccc1C(=O)NCC(=O)N1CCC(COc2cccc(CC(=O)OCC3CCN(Cc4ccccc4)CC3)c2)CC1. The number of phenolic OH excluding ortho intramolecular Hbond substituents is 1. The van der Waals surface area contributed by atoms with E-state index in [0.29, 0.717) is 66.8 Å². The predicted octanol–water partition coefficient (Wildman–Crippen LogP) is 5.11. The number of fused-ring (bicyclic) bond motifs is 1.